The Kier molecular flexibility index (Phi) is 5.04. The molecule has 0 bridgehead atoms. The Labute approximate surface area is 111 Å². The lowest BCUT2D eigenvalue weighted by Crippen LogP contribution is -2.24. The van der Waals surface area contributed by atoms with Gasteiger partial charge in [-0.25, -0.2) is 4.98 Å². The zero-order chi connectivity index (χ0) is 12.1. The van der Waals surface area contributed by atoms with Gasteiger partial charge in [0.1, 0.15) is 5.15 Å². The molecule has 0 amide bonds. The molecule has 1 aliphatic heterocycles. The monoisotopic (exact) mass is 275 g/mol. The van der Waals surface area contributed by atoms with Crippen molar-refractivity contribution >= 4 is 23.2 Å². The fraction of sp³-hybridized carbons (Fsp3) is 0.583. The van der Waals surface area contributed by atoms with Gasteiger partial charge in [-0.05, 0) is 31.4 Å². The lowest BCUT2D eigenvalue weighted by molar-refractivity contribution is -0.0452. The summed E-state index contributed by atoms with van der Waals surface area (Å²) in [5, 5.41) is 1.01. The molecule has 0 N–H and O–H groups in total. The van der Waals surface area contributed by atoms with Crippen molar-refractivity contribution in [1.29, 1.82) is 0 Å². The molecule has 1 aliphatic rings. The van der Waals surface area contributed by atoms with E-state index in [1.54, 1.807) is 12.1 Å². The molecule has 1 fully saturated rings. The molecular formula is C12H15Cl2NO2. The summed E-state index contributed by atoms with van der Waals surface area (Å²) in [4.78, 5) is 4.12. The van der Waals surface area contributed by atoms with Crippen molar-refractivity contribution in [3.05, 3.63) is 28.0 Å². The van der Waals surface area contributed by atoms with Crippen LogP contribution in [0.15, 0.2) is 12.1 Å². The molecule has 17 heavy (non-hydrogen) atoms. The van der Waals surface area contributed by atoms with Crippen LogP contribution in [-0.2, 0) is 16.1 Å². The molecular weight excluding hydrogens is 261 g/mol. The van der Waals surface area contributed by atoms with E-state index < -0.39 is 0 Å². The maximum Gasteiger partial charge on any atom is 0.129 e. The van der Waals surface area contributed by atoms with Crippen LogP contribution in [0.1, 0.15) is 25.0 Å². The van der Waals surface area contributed by atoms with E-state index in [2.05, 4.69) is 4.98 Å². The van der Waals surface area contributed by atoms with Gasteiger partial charge in [0, 0.05) is 6.61 Å². The highest BCUT2D eigenvalue weighted by Crippen LogP contribution is 2.18. The molecule has 1 atom stereocenters. The molecule has 1 saturated heterocycles. The number of pyridine rings is 1. The molecule has 2 rings (SSSR count). The first-order chi connectivity index (χ1) is 8.25. The molecule has 94 valence electrons. The van der Waals surface area contributed by atoms with Crippen LogP contribution >= 0.6 is 23.2 Å². The van der Waals surface area contributed by atoms with Gasteiger partial charge >= 0.3 is 0 Å². The molecule has 1 unspecified atom stereocenters. The smallest absolute Gasteiger partial charge is 0.129 e. The molecule has 0 saturated carbocycles. The number of hydrogen-bond donors (Lipinski definition) is 0. The minimum Gasteiger partial charge on any atom is -0.376 e. The second kappa shape index (κ2) is 6.55. The Morgan fingerprint density at radius 3 is 3.00 bits per heavy atom. The molecule has 0 spiro atoms. The summed E-state index contributed by atoms with van der Waals surface area (Å²) in [5.41, 5.74) is 0.676. The maximum atomic E-state index is 5.99. The third-order valence-corrected chi connectivity index (χ3v) is 3.26. The average molecular weight is 276 g/mol. The Morgan fingerprint density at radius 2 is 2.24 bits per heavy atom. The van der Waals surface area contributed by atoms with Gasteiger partial charge in [0.05, 0.1) is 30.0 Å². The van der Waals surface area contributed by atoms with E-state index in [1.165, 1.54) is 6.42 Å². The van der Waals surface area contributed by atoms with Crippen LogP contribution in [0.3, 0.4) is 0 Å². The van der Waals surface area contributed by atoms with Crippen LogP contribution in [0.25, 0.3) is 0 Å². The summed E-state index contributed by atoms with van der Waals surface area (Å²) in [6.45, 7) is 1.80. The predicted molar refractivity (Wildman–Crippen MR) is 67.5 cm³/mol. The second-order valence-corrected chi connectivity index (χ2v) is 4.86. The van der Waals surface area contributed by atoms with E-state index in [0.29, 0.717) is 29.1 Å². The average Bonchev–Trinajstić information content (AvgIpc) is 2.35. The molecule has 0 aliphatic carbocycles. The SMILES string of the molecule is Clc1ccc(Cl)c(COCC2CCCCO2)n1. The minimum absolute atomic E-state index is 0.210. The first-order valence-electron chi connectivity index (χ1n) is 5.76. The Hall–Kier alpha value is -0.350. The molecule has 3 nitrogen and oxygen atoms in total. The molecule has 1 aromatic heterocycles. The third kappa shape index (κ3) is 4.11. The molecule has 5 heteroatoms. The van der Waals surface area contributed by atoms with Gasteiger partial charge < -0.3 is 9.47 Å². The highest BCUT2D eigenvalue weighted by atomic mass is 35.5. The summed E-state index contributed by atoms with van der Waals surface area (Å²) >= 11 is 11.8. The number of ether oxygens (including phenoxy) is 2. The van der Waals surface area contributed by atoms with E-state index in [-0.39, 0.29) is 6.10 Å². The number of rotatable bonds is 4. The fourth-order valence-corrected chi connectivity index (χ4v) is 2.11. The predicted octanol–water partition coefficient (Wildman–Crippen LogP) is 3.47. The van der Waals surface area contributed by atoms with Gasteiger partial charge in [-0.3, -0.25) is 0 Å². The normalized spacial score (nSPS) is 20.5. The van der Waals surface area contributed by atoms with Crippen LogP contribution in [0.5, 0.6) is 0 Å². The summed E-state index contributed by atoms with van der Waals surface area (Å²) in [5.74, 6) is 0. The van der Waals surface area contributed by atoms with E-state index in [0.717, 1.165) is 19.4 Å². The number of aromatic nitrogens is 1. The fourth-order valence-electron chi connectivity index (χ4n) is 1.78. The minimum atomic E-state index is 0.210. The number of halogens is 2. The molecule has 1 aromatic rings. The molecule has 0 radical (unpaired) electrons. The van der Waals surface area contributed by atoms with Gasteiger partial charge in [0.25, 0.3) is 0 Å². The van der Waals surface area contributed by atoms with Crippen LogP contribution in [0.4, 0.5) is 0 Å². The van der Waals surface area contributed by atoms with Gasteiger partial charge in [0.15, 0.2) is 0 Å². The maximum absolute atomic E-state index is 5.99. The van der Waals surface area contributed by atoms with Gasteiger partial charge in [-0.2, -0.15) is 0 Å². The van der Waals surface area contributed by atoms with Gasteiger partial charge in [-0.1, -0.05) is 23.2 Å². The van der Waals surface area contributed by atoms with Gasteiger partial charge in [-0.15, -0.1) is 0 Å². The standard InChI is InChI=1S/C12H15Cl2NO2/c13-10-4-5-12(14)15-11(10)8-16-7-9-3-1-2-6-17-9/h4-5,9H,1-3,6-8H2. The van der Waals surface area contributed by atoms with E-state index in [1.807, 2.05) is 0 Å². The van der Waals surface area contributed by atoms with E-state index in [4.69, 9.17) is 32.7 Å². The first kappa shape index (κ1) is 13.1. The quantitative estimate of drug-likeness (QED) is 0.789. The summed E-state index contributed by atoms with van der Waals surface area (Å²) < 4.78 is 11.1. The van der Waals surface area contributed by atoms with E-state index in [9.17, 15) is 0 Å². The van der Waals surface area contributed by atoms with Crippen molar-refractivity contribution < 1.29 is 9.47 Å². The van der Waals surface area contributed by atoms with Crippen LogP contribution in [-0.4, -0.2) is 24.3 Å². The topological polar surface area (TPSA) is 31.4 Å². The summed E-state index contributed by atoms with van der Waals surface area (Å²) in [7, 11) is 0. The summed E-state index contributed by atoms with van der Waals surface area (Å²) in [6, 6.07) is 3.39. The van der Waals surface area contributed by atoms with E-state index >= 15 is 0 Å². The Balaban J connectivity index is 1.79. The number of nitrogens with zero attached hydrogens (tertiary/aromatic N) is 1. The lowest BCUT2D eigenvalue weighted by atomic mass is 10.1. The summed E-state index contributed by atoms with van der Waals surface area (Å²) in [6.07, 6.45) is 3.64. The first-order valence-corrected chi connectivity index (χ1v) is 6.51. The van der Waals surface area contributed by atoms with Crippen LogP contribution < -0.4 is 0 Å². The van der Waals surface area contributed by atoms with Crippen LogP contribution in [0.2, 0.25) is 10.2 Å². The molecule has 0 aromatic carbocycles. The van der Waals surface area contributed by atoms with Crippen molar-refractivity contribution in [3.8, 4) is 0 Å². The Morgan fingerprint density at radius 1 is 1.35 bits per heavy atom. The van der Waals surface area contributed by atoms with Crippen molar-refractivity contribution in [2.24, 2.45) is 0 Å². The van der Waals surface area contributed by atoms with Crippen molar-refractivity contribution in [1.82, 2.24) is 4.98 Å². The zero-order valence-corrected chi connectivity index (χ0v) is 11.0. The Bertz CT molecular complexity index is 368. The van der Waals surface area contributed by atoms with Crippen molar-refractivity contribution in [3.63, 3.8) is 0 Å². The highest BCUT2D eigenvalue weighted by molar-refractivity contribution is 6.32. The van der Waals surface area contributed by atoms with Gasteiger partial charge in [0.2, 0.25) is 0 Å². The lowest BCUT2D eigenvalue weighted by Gasteiger charge is -2.22. The van der Waals surface area contributed by atoms with Crippen molar-refractivity contribution in [2.75, 3.05) is 13.2 Å². The highest BCUT2D eigenvalue weighted by Gasteiger charge is 2.14. The molecule has 2 heterocycles. The second-order valence-electron chi connectivity index (χ2n) is 4.07. The van der Waals surface area contributed by atoms with Crippen molar-refractivity contribution in [2.45, 2.75) is 32.0 Å². The third-order valence-electron chi connectivity index (χ3n) is 2.70. The largest absolute Gasteiger partial charge is 0.376 e. The zero-order valence-electron chi connectivity index (χ0n) is 9.49. The number of hydrogen-bond acceptors (Lipinski definition) is 3. The van der Waals surface area contributed by atoms with Crippen LogP contribution in [0, 0.1) is 0 Å².